The first-order chi connectivity index (χ1) is 18.7. The molecule has 0 atom stereocenters. The molecule has 0 unspecified atom stereocenters. The van der Waals surface area contributed by atoms with Crippen molar-refractivity contribution in [2.75, 3.05) is 24.6 Å². The number of aliphatic imine (C=N–C) groups is 1. The summed E-state index contributed by atoms with van der Waals surface area (Å²) in [5.74, 6) is 0.380. The smallest absolute Gasteiger partial charge is 0.258 e. The third-order valence-electron chi connectivity index (χ3n) is 6.94. The molecule has 1 aromatic heterocycles. The molecule has 2 aromatic carbocycles. The predicted molar refractivity (Wildman–Crippen MR) is 159 cm³/mol. The zero-order valence-corrected chi connectivity index (χ0v) is 23.6. The molecular formula is C30H36N4O4S. The second-order valence-electron chi connectivity index (χ2n) is 9.87. The van der Waals surface area contributed by atoms with Crippen molar-refractivity contribution < 1.29 is 13.2 Å². The van der Waals surface area contributed by atoms with Crippen LogP contribution in [0, 0.1) is 0 Å². The molecule has 0 bridgehead atoms. The molecule has 0 spiro atoms. The number of amides is 1. The van der Waals surface area contributed by atoms with Crippen LogP contribution in [-0.2, 0) is 21.2 Å². The average Bonchev–Trinajstić information content (AvgIpc) is 3.09. The standard InChI is InChI=1S/C30H36N4O4S/c1-4-12-33(13-5-2)29(35)25-18-24-8-7-22(19-27(24)32-28(31)20-25)21-9-10-26-23(17-21)11-14-34(30(26)36)15-16-39(37,38)6-3/h7-11,14,17-19H,4-6,12-13,15-16,20H2,1-3H3,(H2,31,32). The van der Waals surface area contributed by atoms with Gasteiger partial charge >= 0.3 is 0 Å². The monoisotopic (exact) mass is 548 g/mol. The van der Waals surface area contributed by atoms with Gasteiger partial charge < -0.3 is 15.2 Å². The molecule has 4 rings (SSSR count). The van der Waals surface area contributed by atoms with Crippen LogP contribution in [-0.4, -0.2) is 54.2 Å². The van der Waals surface area contributed by atoms with Crippen LogP contribution in [0.3, 0.4) is 0 Å². The third-order valence-corrected chi connectivity index (χ3v) is 8.62. The van der Waals surface area contributed by atoms with Crippen LogP contribution in [0.25, 0.3) is 28.0 Å². The molecule has 0 fully saturated rings. The Morgan fingerprint density at radius 3 is 2.41 bits per heavy atom. The van der Waals surface area contributed by atoms with E-state index in [4.69, 9.17) is 5.73 Å². The molecule has 8 nitrogen and oxygen atoms in total. The number of carbonyl (C=O) groups is 1. The number of hydrogen-bond donors (Lipinski definition) is 1. The molecule has 9 heteroatoms. The first-order valence-corrected chi connectivity index (χ1v) is 15.3. The van der Waals surface area contributed by atoms with E-state index < -0.39 is 9.84 Å². The van der Waals surface area contributed by atoms with Gasteiger partial charge in [0.25, 0.3) is 5.56 Å². The van der Waals surface area contributed by atoms with Gasteiger partial charge in [-0.2, -0.15) is 0 Å². The number of aromatic nitrogens is 1. The number of pyridine rings is 1. The van der Waals surface area contributed by atoms with Gasteiger partial charge in [0.2, 0.25) is 5.91 Å². The fourth-order valence-corrected chi connectivity index (χ4v) is 5.55. The fraction of sp³-hybridized carbons (Fsp3) is 0.367. The van der Waals surface area contributed by atoms with Gasteiger partial charge in [-0.05, 0) is 59.7 Å². The Bertz CT molecular complexity index is 1610. The maximum Gasteiger partial charge on any atom is 0.258 e. The lowest BCUT2D eigenvalue weighted by Gasteiger charge is -2.22. The lowest BCUT2D eigenvalue weighted by Crippen LogP contribution is -2.34. The second-order valence-corrected chi connectivity index (χ2v) is 12.3. The summed E-state index contributed by atoms with van der Waals surface area (Å²) in [5.41, 5.74) is 10.0. The molecule has 0 aliphatic carbocycles. The summed E-state index contributed by atoms with van der Waals surface area (Å²) in [5, 5.41) is 1.30. The highest BCUT2D eigenvalue weighted by Crippen LogP contribution is 2.33. The Morgan fingerprint density at radius 2 is 1.72 bits per heavy atom. The largest absolute Gasteiger partial charge is 0.387 e. The van der Waals surface area contributed by atoms with E-state index in [-0.39, 0.29) is 29.5 Å². The molecule has 206 valence electrons. The Hall–Kier alpha value is -3.72. The summed E-state index contributed by atoms with van der Waals surface area (Å²) in [6, 6.07) is 13.3. The second kappa shape index (κ2) is 12.0. The Morgan fingerprint density at radius 1 is 1.03 bits per heavy atom. The maximum atomic E-state index is 13.2. The van der Waals surface area contributed by atoms with E-state index in [9.17, 15) is 18.0 Å². The normalized spacial score (nSPS) is 13.4. The lowest BCUT2D eigenvalue weighted by molar-refractivity contribution is -0.127. The van der Waals surface area contributed by atoms with Crippen LogP contribution in [0.2, 0.25) is 0 Å². The molecule has 0 radical (unpaired) electrons. The number of rotatable bonds is 10. The van der Waals surface area contributed by atoms with Crippen LogP contribution in [0.4, 0.5) is 5.69 Å². The summed E-state index contributed by atoms with van der Waals surface area (Å²) < 4.78 is 25.2. The number of nitrogens with zero attached hydrogens (tertiary/aromatic N) is 3. The average molecular weight is 549 g/mol. The van der Waals surface area contributed by atoms with Crippen LogP contribution < -0.4 is 11.3 Å². The van der Waals surface area contributed by atoms with E-state index in [1.165, 1.54) is 4.57 Å². The SMILES string of the molecule is CCCN(CCC)C(=O)C1=Cc2ccc(-c3ccc4c(=O)n(CCS(=O)(=O)CC)ccc4c3)cc2N=C(N)C1. The van der Waals surface area contributed by atoms with Gasteiger partial charge in [-0.1, -0.05) is 39.0 Å². The van der Waals surface area contributed by atoms with Gasteiger partial charge in [0.05, 0.1) is 11.4 Å². The Kier molecular flexibility index (Phi) is 8.70. The molecule has 1 aliphatic heterocycles. The Balaban J connectivity index is 1.65. The van der Waals surface area contributed by atoms with Gasteiger partial charge in [0, 0.05) is 54.5 Å². The molecule has 2 heterocycles. The first kappa shape index (κ1) is 28.3. The summed E-state index contributed by atoms with van der Waals surface area (Å²) in [4.78, 5) is 32.7. The molecule has 1 aliphatic rings. The van der Waals surface area contributed by atoms with Crippen molar-refractivity contribution in [3.8, 4) is 11.1 Å². The van der Waals surface area contributed by atoms with Crippen LogP contribution in [0.5, 0.6) is 0 Å². The number of sulfone groups is 1. The van der Waals surface area contributed by atoms with Crippen LogP contribution in [0.15, 0.2) is 64.0 Å². The minimum absolute atomic E-state index is 0.00116. The minimum atomic E-state index is -3.17. The predicted octanol–water partition coefficient (Wildman–Crippen LogP) is 4.53. The number of amidine groups is 1. The van der Waals surface area contributed by atoms with Crippen molar-refractivity contribution in [2.24, 2.45) is 10.7 Å². The highest BCUT2D eigenvalue weighted by Gasteiger charge is 2.21. The van der Waals surface area contributed by atoms with Crippen molar-refractivity contribution >= 4 is 44.1 Å². The topological polar surface area (TPSA) is 115 Å². The van der Waals surface area contributed by atoms with Crippen molar-refractivity contribution in [2.45, 2.75) is 46.6 Å². The van der Waals surface area contributed by atoms with E-state index in [2.05, 4.69) is 18.8 Å². The fourth-order valence-electron chi connectivity index (χ4n) is 4.79. The molecule has 0 saturated carbocycles. The zero-order valence-electron chi connectivity index (χ0n) is 22.8. The number of aryl methyl sites for hydroxylation is 1. The quantitative estimate of drug-likeness (QED) is 0.400. The molecule has 1 amide bonds. The molecular weight excluding hydrogens is 512 g/mol. The van der Waals surface area contributed by atoms with E-state index >= 15 is 0 Å². The summed E-state index contributed by atoms with van der Waals surface area (Å²) in [6.07, 6.45) is 5.62. The Labute approximate surface area is 229 Å². The van der Waals surface area contributed by atoms with Crippen LogP contribution in [0.1, 0.15) is 45.6 Å². The molecule has 0 saturated heterocycles. The highest BCUT2D eigenvalue weighted by molar-refractivity contribution is 7.91. The van der Waals surface area contributed by atoms with E-state index in [0.717, 1.165) is 34.9 Å². The number of carbonyl (C=O) groups excluding carboxylic acids is 1. The lowest BCUT2D eigenvalue weighted by atomic mass is 9.99. The van der Waals surface area contributed by atoms with Gasteiger partial charge in [0.1, 0.15) is 5.84 Å². The summed E-state index contributed by atoms with van der Waals surface area (Å²) >= 11 is 0. The van der Waals surface area contributed by atoms with Gasteiger partial charge in [0.15, 0.2) is 9.84 Å². The van der Waals surface area contributed by atoms with Crippen molar-refractivity contribution in [3.63, 3.8) is 0 Å². The maximum absolute atomic E-state index is 13.2. The number of hydrogen-bond acceptors (Lipinski definition) is 6. The number of nitrogens with two attached hydrogens (primary N) is 1. The first-order valence-electron chi connectivity index (χ1n) is 13.5. The van der Waals surface area contributed by atoms with Gasteiger partial charge in [-0.15, -0.1) is 0 Å². The molecule has 39 heavy (non-hydrogen) atoms. The molecule has 2 N–H and O–H groups in total. The van der Waals surface area contributed by atoms with E-state index in [1.54, 1.807) is 19.2 Å². The van der Waals surface area contributed by atoms with Gasteiger partial charge in [-0.25, -0.2) is 13.4 Å². The van der Waals surface area contributed by atoms with Crippen LogP contribution >= 0.6 is 0 Å². The number of fused-ring (bicyclic) bond motifs is 2. The van der Waals surface area contributed by atoms with E-state index in [1.807, 2.05) is 47.4 Å². The minimum Gasteiger partial charge on any atom is -0.387 e. The molecule has 3 aromatic rings. The summed E-state index contributed by atoms with van der Waals surface area (Å²) in [6.45, 7) is 7.27. The van der Waals surface area contributed by atoms with Crippen molar-refractivity contribution in [1.82, 2.24) is 9.47 Å². The third kappa shape index (κ3) is 6.47. The zero-order chi connectivity index (χ0) is 28.2. The van der Waals surface area contributed by atoms with E-state index in [0.29, 0.717) is 42.0 Å². The van der Waals surface area contributed by atoms with Crippen molar-refractivity contribution in [3.05, 3.63) is 70.2 Å². The van der Waals surface area contributed by atoms with Gasteiger partial charge in [-0.3, -0.25) is 9.59 Å². The highest BCUT2D eigenvalue weighted by atomic mass is 32.2. The number of benzene rings is 2. The summed E-state index contributed by atoms with van der Waals surface area (Å²) in [7, 11) is -3.17. The van der Waals surface area contributed by atoms with Crippen molar-refractivity contribution in [1.29, 1.82) is 0 Å².